The predicted molar refractivity (Wildman–Crippen MR) is 130 cm³/mol. The molecule has 0 spiro atoms. The van der Waals surface area contributed by atoms with Gasteiger partial charge in [0.05, 0.1) is 42.3 Å². The largest absolute Gasteiger partial charge is 0.497 e. The topological polar surface area (TPSA) is 100.0 Å². The van der Waals surface area contributed by atoms with Gasteiger partial charge >= 0.3 is 0 Å². The van der Waals surface area contributed by atoms with Crippen LogP contribution in [0.4, 0.5) is 0 Å². The monoisotopic (exact) mass is 481 g/mol. The standard InChI is InChI=1S/C25H31N5O5/c1-32-18-3-4-19-21(12-18)30(25(31)15-28-19)8-7-29-6-5-20(24(16-29)33-2)27-13-17-11-22-23(14-26-17)35-10-9-34-22/h3-4,11-12,14-15,20,24,27H,5-10,13,16H2,1-2H3/t20-,24-/m1/s1. The molecule has 3 aromatic rings. The third kappa shape index (κ3) is 5.24. The average Bonchev–Trinajstić information content (AvgIpc) is 2.91. The first kappa shape index (κ1) is 23.5. The third-order valence-corrected chi connectivity index (χ3v) is 6.67. The summed E-state index contributed by atoms with van der Waals surface area (Å²) >= 11 is 0. The van der Waals surface area contributed by atoms with Crippen molar-refractivity contribution in [1.29, 1.82) is 0 Å². The number of ether oxygens (including phenoxy) is 4. The van der Waals surface area contributed by atoms with Crippen LogP contribution < -0.4 is 25.1 Å². The predicted octanol–water partition coefficient (Wildman–Crippen LogP) is 1.45. The minimum atomic E-state index is -0.113. The lowest BCUT2D eigenvalue weighted by Crippen LogP contribution is -2.53. The van der Waals surface area contributed by atoms with Gasteiger partial charge in [0, 0.05) is 51.5 Å². The molecule has 0 unspecified atom stereocenters. The number of rotatable bonds is 8. The lowest BCUT2D eigenvalue weighted by Gasteiger charge is -2.38. The number of methoxy groups -OCH3 is 2. The molecule has 1 fully saturated rings. The number of hydrogen-bond acceptors (Lipinski definition) is 9. The van der Waals surface area contributed by atoms with E-state index in [1.807, 2.05) is 24.3 Å². The van der Waals surface area contributed by atoms with Gasteiger partial charge in [-0.3, -0.25) is 14.7 Å². The fourth-order valence-electron chi connectivity index (χ4n) is 4.72. The maximum atomic E-state index is 12.6. The van der Waals surface area contributed by atoms with Gasteiger partial charge in [-0.25, -0.2) is 4.98 Å². The SMILES string of the molecule is COc1ccc2ncc(=O)n(CCN3CC[C@@H](NCc4cc5c(cn4)OCCO5)[C@H](OC)C3)c2c1. The van der Waals surface area contributed by atoms with Crippen molar-refractivity contribution >= 4 is 11.0 Å². The Kier molecular flexibility index (Phi) is 7.12. The van der Waals surface area contributed by atoms with Crippen molar-refractivity contribution in [1.82, 2.24) is 24.8 Å². The number of hydrogen-bond donors (Lipinski definition) is 1. The molecule has 1 N–H and O–H groups in total. The minimum absolute atomic E-state index is 0.0342. The molecule has 0 bridgehead atoms. The van der Waals surface area contributed by atoms with Crippen LogP contribution in [0.1, 0.15) is 12.1 Å². The van der Waals surface area contributed by atoms with E-state index in [0.29, 0.717) is 37.8 Å². The molecule has 10 nitrogen and oxygen atoms in total. The van der Waals surface area contributed by atoms with Gasteiger partial charge in [-0.15, -0.1) is 0 Å². The maximum Gasteiger partial charge on any atom is 0.269 e. The first-order valence-corrected chi connectivity index (χ1v) is 11.9. The van der Waals surface area contributed by atoms with Gasteiger partial charge in [-0.05, 0) is 25.1 Å². The fourth-order valence-corrected chi connectivity index (χ4v) is 4.72. The van der Waals surface area contributed by atoms with Crippen molar-refractivity contribution in [3.63, 3.8) is 0 Å². The van der Waals surface area contributed by atoms with Crippen molar-refractivity contribution in [3.05, 3.63) is 52.7 Å². The quantitative estimate of drug-likeness (QED) is 0.512. The summed E-state index contributed by atoms with van der Waals surface area (Å²) in [6.07, 6.45) is 4.08. The molecule has 4 heterocycles. The van der Waals surface area contributed by atoms with E-state index in [1.165, 1.54) is 6.20 Å². The molecule has 2 aliphatic heterocycles. The number of piperidine rings is 1. The molecular formula is C25H31N5O5. The zero-order chi connectivity index (χ0) is 24.2. The molecule has 0 radical (unpaired) electrons. The fraction of sp³-hybridized carbons (Fsp3) is 0.480. The van der Waals surface area contributed by atoms with Crippen molar-refractivity contribution < 1.29 is 18.9 Å². The van der Waals surface area contributed by atoms with E-state index in [9.17, 15) is 4.79 Å². The van der Waals surface area contributed by atoms with Gasteiger partial charge < -0.3 is 28.8 Å². The highest BCUT2D eigenvalue weighted by molar-refractivity contribution is 5.76. The van der Waals surface area contributed by atoms with Crippen molar-refractivity contribution in [2.45, 2.75) is 31.7 Å². The second kappa shape index (κ2) is 10.6. The van der Waals surface area contributed by atoms with E-state index in [2.05, 4.69) is 20.2 Å². The van der Waals surface area contributed by atoms with Crippen LogP contribution in [0, 0.1) is 0 Å². The van der Waals surface area contributed by atoms with Gasteiger partial charge in [0.25, 0.3) is 5.56 Å². The zero-order valence-corrected chi connectivity index (χ0v) is 20.1. The summed E-state index contributed by atoms with van der Waals surface area (Å²) in [6, 6.07) is 7.73. The van der Waals surface area contributed by atoms with E-state index >= 15 is 0 Å². The minimum Gasteiger partial charge on any atom is -0.497 e. The number of benzene rings is 1. The molecule has 35 heavy (non-hydrogen) atoms. The van der Waals surface area contributed by atoms with Crippen LogP contribution in [0.2, 0.25) is 0 Å². The molecule has 2 atom stereocenters. The Morgan fingerprint density at radius 1 is 1.09 bits per heavy atom. The zero-order valence-electron chi connectivity index (χ0n) is 20.1. The Morgan fingerprint density at radius 3 is 2.77 bits per heavy atom. The number of aromatic nitrogens is 3. The molecule has 5 rings (SSSR count). The highest BCUT2D eigenvalue weighted by Crippen LogP contribution is 2.29. The summed E-state index contributed by atoms with van der Waals surface area (Å²) in [4.78, 5) is 23.7. The Balaban J connectivity index is 1.19. The molecule has 10 heteroatoms. The summed E-state index contributed by atoms with van der Waals surface area (Å²) in [7, 11) is 3.37. The smallest absolute Gasteiger partial charge is 0.269 e. The van der Waals surface area contributed by atoms with E-state index in [-0.39, 0.29) is 17.7 Å². The number of pyridine rings is 1. The van der Waals surface area contributed by atoms with Crippen LogP contribution in [-0.4, -0.2) is 78.6 Å². The summed E-state index contributed by atoms with van der Waals surface area (Å²) < 4.78 is 24.1. The van der Waals surface area contributed by atoms with Crippen molar-refractivity contribution in [2.75, 3.05) is 47.1 Å². The van der Waals surface area contributed by atoms with E-state index in [0.717, 1.165) is 48.5 Å². The van der Waals surface area contributed by atoms with Gasteiger partial charge in [0.1, 0.15) is 19.0 Å². The average molecular weight is 482 g/mol. The summed E-state index contributed by atoms with van der Waals surface area (Å²) in [5, 5.41) is 3.60. The second-order valence-electron chi connectivity index (χ2n) is 8.77. The van der Waals surface area contributed by atoms with Crippen molar-refractivity contribution in [3.8, 4) is 17.2 Å². The summed E-state index contributed by atoms with van der Waals surface area (Å²) in [5.41, 5.74) is 2.35. The van der Waals surface area contributed by atoms with E-state index in [4.69, 9.17) is 18.9 Å². The Bertz CT molecular complexity index is 1230. The molecule has 1 aromatic carbocycles. The molecule has 2 aliphatic rings. The van der Waals surface area contributed by atoms with E-state index in [1.54, 1.807) is 25.0 Å². The molecule has 1 saturated heterocycles. The van der Waals surface area contributed by atoms with Crippen LogP contribution in [0.5, 0.6) is 17.2 Å². The lowest BCUT2D eigenvalue weighted by atomic mass is 10.0. The molecule has 0 amide bonds. The van der Waals surface area contributed by atoms with Crippen LogP contribution in [0.25, 0.3) is 11.0 Å². The Morgan fingerprint density at radius 2 is 1.94 bits per heavy atom. The molecule has 0 aliphatic carbocycles. The van der Waals surface area contributed by atoms with Crippen LogP contribution in [0.15, 0.2) is 41.5 Å². The van der Waals surface area contributed by atoms with Crippen LogP contribution in [-0.2, 0) is 17.8 Å². The van der Waals surface area contributed by atoms with Crippen LogP contribution in [0.3, 0.4) is 0 Å². The Hall–Kier alpha value is -3.21. The highest BCUT2D eigenvalue weighted by atomic mass is 16.6. The summed E-state index contributed by atoms with van der Waals surface area (Å²) in [5.74, 6) is 2.15. The molecule has 0 saturated carbocycles. The molecule has 186 valence electrons. The maximum absolute atomic E-state index is 12.6. The number of nitrogens with one attached hydrogen (secondary N) is 1. The van der Waals surface area contributed by atoms with Crippen molar-refractivity contribution in [2.24, 2.45) is 0 Å². The highest BCUT2D eigenvalue weighted by Gasteiger charge is 2.29. The first-order valence-electron chi connectivity index (χ1n) is 11.9. The first-order chi connectivity index (χ1) is 17.1. The molecular weight excluding hydrogens is 450 g/mol. The van der Waals surface area contributed by atoms with Gasteiger partial charge in [-0.2, -0.15) is 0 Å². The lowest BCUT2D eigenvalue weighted by molar-refractivity contribution is 0.00440. The number of nitrogens with zero attached hydrogens (tertiary/aromatic N) is 4. The Labute approximate surface area is 203 Å². The van der Waals surface area contributed by atoms with E-state index < -0.39 is 0 Å². The second-order valence-corrected chi connectivity index (χ2v) is 8.77. The normalized spacial score (nSPS) is 20.2. The third-order valence-electron chi connectivity index (χ3n) is 6.67. The van der Waals surface area contributed by atoms with Gasteiger partial charge in [0.15, 0.2) is 11.5 Å². The van der Waals surface area contributed by atoms with Crippen LogP contribution >= 0.6 is 0 Å². The van der Waals surface area contributed by atoms with Gasteiger partial charge in [0.2, 0.25) is 0 Å². The number of fused-ring (bicyclic) bond motifs is 2. The molecule has 2 aromatic heterocycles. The number of likely N-dealkylation sites (tertiary alicyclic amines) is 1. The van der Waals surface area contributed by atoms with Gasteiger partial charge in [-0.1, -0.05) is 0 Å². The summed E-state index contributed by atoms with van der Waals surface area (Å²) in [6.45, 7) is 4.75.